The Kier molecular flexibility index (Phi) is 8.72. The molecule has 184 valence electrons. The Labute approximate surface area is 209 Å². The lowest BCUT2D eigenvalue weighted by Crippen LogP contribution is -2.40. The van der Waals surface area contributed by atoms with Gasteiger partial charge >= 0.3 is 5.97 Å². The van der Waals surface area contributed by atoms with Gasteiger partial charge in [0.05, 0.1) is 5.56 Å². The third kappa shape index (κ3) is 7.39. The van der Waals surface area contributed by atoms with Gasteiger partial charge in [-0.05, 0) is 55.5 Å². The molecule has 0 bridgehead atoms. The SMILES string of the molecule is Cc1cccc(C(=O)Oc2ccccc2/C=C/C(=O)NNC(=O)c2ccc(NC(=O)C(C)C)cc2)c1. The predicted molar refractivity (Wildman–Crippen MR) is 137 cm³/mol. The zero-order chi connectivity index (χ0) is 26.1. The van der Waals surface area contributed by atoms with Crippen LogP contribution >= 0.6 is 0 Å². The van der Waals surface area contributed by atoms with Gasteiger partial charge in [-0.1, -0.05) is 49.7 Å². The fraction of sp³-hybridized carbons (Fsp3) is 0.143. The molecule has 0 aliphatic heterocycles. The molecule has 3 aromatic rings. The molecule has 8 heteroatoms. The molecule has 0 saturated carbocycles. The highest BCUT2D eigenvalue weighted by Crippen LogP contribution is 2.21. The van der Waals surface area contributed by atoms with E-state index in [1.165, 1.54) is 24.3 Å². The second-order valence-corrected chi connectivity index (χ2v) is 8.29. The molecular weight excluding hydrogens is 458 g/mol. The largest absolute Gasteiger partial charge is 0.422 e. The molecule has 0 aromatic heterocycles. The summed E-state index contributed by atoms with van der Waals surface area (Å²) in [6, 6.07) is 20.1. The van der Waals surface area contributed by atoms with Crippen LogP contribution in [-0.2, 0) is 9.59 Å². The van der Waals surface area contributed by atoms with E-state index in [4.69, 9.17) is 4.74 Å². The fourth-order valence-electron chi connectivity index (χ4n) is 3.03. The molecule has 0 radical (unpaired) electrons. The van der Waals surface area contributed by atoms with Gasteiger partial charge in [0.1, 0.15) is 5.75 Å². The van der Waals surface area contributed by atoms with Crippen LogP contribution in [0.4, 0.5) is 5.69 Å². The molecule has 0 unspecified atom stereocenters. The van der Waals surface area contributed by atoms with E-state index in [2.05, 4.69) is 16.2 Å². The molecule has 3 amide bonds. The zero-order valence-corrected chi connectivity index (χ0v) is 20.2. The molecule has 0 saturated heterocycles. The molecule has 0 heterocycles. The first-order chi connectivity index (χ1) is 17.2. The monoisotopic (exact) mass is 485 g/mol. The van der Waals surface area contributed by atoms with Gasteiger partial charge in [-0.25, -0.2) is 4.79 Å². The van der Waals surface area contributed by atoms with Crippen molar-refractivity contribution in [2.45, 2.75) is 20.8 Å². The lowest BCUT2D eigenvalue weighted by atomic mass is 10.1. The number of rotatable bonds is 7. The smallest absolute Gasteiger partial charge is 0.343 e. The number of esters is 1. The molecule has 3 N–H and O–H groups in total. The molecule has 0 spiro atoms. The summed E-state index contributed by atoms with van der Waals surface area (Å²) < 4.78 is 5.50. The predicted octanol–water partition coefficient (Wildman–Crippen LogP) is 4.28. The van der Waals surface area contributed by atoms with Crippen molar-refractivity contribution < 1.29 is 23.9 Å². The van der Waals surface area contributed by atoms with Crippen LogP contribution in [0.15, 0.2) is 78.9 Å². The summed E-state index contributed by atoms with van der Waals surface area (Å²) in [5.41, 5.74) is 7.37. The third-order valence-electron chi connectivity index (χ3n) is 5.03. The average Bonchev–Trinajstić information content (AvgIpc) is 2.87. The summed E-state index contributed by atoms with van der Waals surface area (Å²) in [5, 5.41) is 2.74. The van der Waals surface area contributed by atoms with Crippen LogP contribution in [0.5, 0.6) is 5.75 Å². The summed E-state index contributed by atoms with van der Waals surface area (Å²) in [6.45, 7) is 5.45. The van der Waals surface area contributed by atoms with E-state index in [9.17, 15) is 19.2 Å². The van der Waals surface area contributed by atoms with Gasteiger partial charge < -0.3 is 10.1 Å². The van der Waals surface area contributed by atoms with E-state index in [1.54, 1.807) is 68.4 Å². The van der Waals surface area contributed by atoms with Crippen LogP contribution in [-0.4, -0.2) is 23.7 Å². The number of carbonyl (C=O) groups excluding carboxylic acids is 4. The van der Waals surface area contributed by atoms with Crippen LogP contribution < -0.4 is 20.9 Å². The van der Waals surface area contributed by atoms with Crippen molar-refractivity contribution in [3.05, 3.63) is 101 Å². The number of nitrogens with one attached hydrogen (secondary N) is 3. The van der Waals surface area contributed by atoms with Gasteiger partial charge in [-0.15, -0.1) is 0 Å². The molecule has 0 fully saturated rings. The van der Waals surface area contributed by atoms with Crippen LogP contribution in [0.25, 0.3) is 6.08 Å². The first-order valence-electron chi connectivity index (χ1n) is 11.3. The minimum Gasteiger partial charge on any atom is -0.422 e. The molecule has 0 aliphatic carbocycles. The number of hydrazine groups is 1. The molecule has 3 rings (SSSR count). The van der Waals surface area contributed by atoms with E-state index < -0.39 is 17.8 Å². The Bertz CT molecular complexity index is 1300. The fourth-order valence-corrected chi connectivity index (χ4v) is 3.03. The van der Waals surface area contributed by atoms with Gasteiger partial charge in [0, 0.05) is 28.8 Å². The van der Waals surface area contributed by atoms with E-state index in [-0.39, 0.29) is 11.8 Å². The summed E-state index contributed by atoms with van der Waals surface area (Å²) >= 11 is 0. The van der Waals surface area contributed by atoms with Crippen molar-refractivity contribution in [3.63, 3.8) is 0 Å². The normalized spacial score (nSPS) is 10.7. The number of amides is 3. The highest BCUT2D eigenvalue weighted by atomic mass is 16.5. The minimum absolute atomic E-state index is 0.127. The number of aryl methyl sites for hydroxylation is 1. The number of hydrogen-bond donors (Lipinski definition) is 3. The van der Waals surface area contributed by atoms with Crippen LogP contribution in [0, 0.1) is 12.8 Å². The van der Waals surface area contributed by atoms with E-state index in [1.807, 2.05) is 13.0 Å². The van der Waals surface area contributed by atoms with Gasteiger partial charge in [-0.2, -0.15) is 0 Å². The second kappa shape index (κ2) is 12.1. The van der Waals surface area contributed by atoms with E-state index >= 15 is 0 Å². The van der Waals surface area contributed by atoms with Crippen molar-refractivity contribution in [2.75, 3.05) is 5.32 Å². The molecule has 8 nitrogen and oxygen atoms in total. The van der Waals surface area contributed by atoms with Crippen molar-refractivity contribution in [2.24, 2.45) is 5.92 Å². The van der Waals surface area contributed by atoms with Gasteiger partial charge in [0.15, 0.2) is 0 Å². The first-order valence-corrected chi connectivity index (χ1v) is 11.3. The number of anilines is 1. The second-order valence-electron chi connectivity index (χ2n) is 8.29. The van der Waals surface area contributed by atoms with Gasteiger partial charge in [0.25, 0.3) is 11.8 Å². The van der Waals surface area contributed by atoms with Crippen LogP contribution in [0.3, 0.4) is 0 Å². The molecular formula is C28H27N3O5. The van der Waals surface area contributed by atoms with Crippen LogP contribution in [0.2, 0.25) is 0 Å². The summed E-state index contributed by atoms with van der Waals surface area (Å²) in [6.07, 6.45) is 2.69. The van der Waals surface area contributed by atoms with Crippen molar-refractivity contribution in [3.8, 4) is 5.75 Å². The number of ether oxygens (including phenoxy) is 1. The maximum Gasteiger partial charge on any atom is 0.343 e. The molecule has 36 heavy (non-hydrogen) atoms. The number of para-hydroxylation sites is 1. The van der Waals surface area contributed by atoms with E-state index in [0.29, 0.717) is 28.1 Å². The van der Waals surface area contributed by atoms with Gasteiger partial charge in [0.2, 0.25) is 5.91 Å². The molecule has 0 aliphatic rings. The average molecular weight is 486 g/mol. The quantitative estimate of drug-likeness (QED) is 0.200. The minimum atomic E-state index is -0.580. The van der Waals surface area contributed by atoms with E-state index in [0.717, 1.165) is 5.56 Å². The molecule has 0 atom stereocenters. The Morgan fingerprint density at radius 1 is 0.833 bits per heavy atom. The first kappa shape index (κ1) is 25.9. The highest BCUT2D eigenvalue weighted by molar-refractivity contribution is 5.99. The van der Waals surface area contributed by atoms with Crippen molar-refractivity contribution >= 4 is 35.5 Å². The Morgan fingerprint density at radius 2 is 1.56 bits per heavy atom. The summed E-state index contributed by atoms with van der Waals surface area (Å²) in [4.78, 5) is 48.8. The topological polar surface area (TPSA) is 114 Å². The number of carbonyl (C=O) groups is 4. The Balaban J connectivity index is 1.56. The van der Waals surface area contributed by atoms with Crippen molar-refractivity contribution in [1.29, 1.82) is 0 Å². The Morgan fingerprint density at radius 3 is 2.25 bits per heavy atom. The number of benzene rings is 3. The molecule has 3 aromatic carbocycles. The maximum atomic E-state index is 12.5. The summed E-state index contributed by atoms with van der Waals surface area (Å²) in [7, 11) is 0. The van der Waals surface area contributed by atoms with Crippen LogP contribution in [0.1, 0.15) is 45.7 Å². The Hall–Kier alpha value is -4.72. The maximum absolute atomic E-state index is 12.5. The zero-order valence-electron chi connectivity index (χ0n) is 20.2. The standard InChI is InChI=1S/C28H27N3O5/c1-18(2)26(33)29-23-14-11-21(12-15-23)27(34)31-30-25(32)16-13-20-8-4-5-10-24(20)36-28(35)22-9-6-7-19(3)17-22/h4-18H,1-3H3,(H,29,33)(H,30,32)(H,31,34)/b16-13+. The van der Waals surface area contributed by atoms with Crippen molar-refractivity contribution in [1.82, 2.24) is 10.9 Å². The highest BCUT2D eigenvalue weighted by Gasteiger charge is 2.12. The summed E-state index contributed by atoms with van der Waals surface area (Å²) in [5.74, 6) is -1.61. The lowest BCUT2D eigenvalue weighted by molar-refractivity contribution is -0.119. The number of hydrogen-bond acceptors (Lipinski definition) is 5. The van der Waals surface area contributed by atoms with Gasteiger partial charge in [-0.3, -0.25) is 25.2 Å². The lowest BCUT2D eigenvalue weighted by Gasteiger charge is -2.09. The third-order valence-corrected chi connectivity index (χ3v) is 5.03.